The van der Waals surface area contributed by atoms with Gasteiger partial charge in [-0.15, -0.1) is 0 Å². The van der Waals surface area contributed by atoms with Gasteiger partial charge in [-0.3, -0.25) is 4.79 Å². The number of imidazole rings is 1. The van der Waals surface area contributed by atoms with Crippen LogP contribution in [0.3, 0.4) is 0 Å². The van der Waals surface area contributed by atoms with Crippen LogP contribution < -0.4 is 11.1 Å². The molecule has 0 atom stereocenters. The number of anilines is 1. The van der Waals surface area contributed by atoms with Gasteiger partial charge in [0.15, 0.2) is 5.82 Å². The third-order valence-electron chi connectivity index (χ3n) is 7.74. The van der Waals surface area contributed by atoms with Crippen molar-refractivity contribution in [1.29, 1.82) is 0 Å². The van der Waals surface area contributed by atoms with Crippen molar-refractivity contribution in [1.82, 2.24) is 34.6 Å². The maximum absolute atomic E-state index is 12.6. The molecule has 2 fully saturated rings. The van der Waals surface area contributed by atoms with E-state index in [2.05, 4.69) is 32.9 Å². The lowest BCUT2D eigenvalue weighted by atomic mass is 10.1. The van der Waals surface area contributed by atoms with E-state index in [0.29, 0.717) is 50.5 Å². The minimum absolute atomic E-state index is 0.00385. The number of carbonyl (C=O) groups is 2. The average Bonchev–Trinajstić information content (AvgIpc) is 3.51. The third kappa shape index (κ3) is 6.09. The normalized spacial score (nSPS) is 16.6. The zero-order chi connectivity index (χ0) is 27.4. The van der Waals surface area contributed by atoms with Gasteiger partial charge in [-0.25, -0.2) is 14.8 Å². The van der Waals surface area contributed by atoms with Crippen LogP contribution in [0.25, 0.3) is 21.9 Å². The van der Waals surface area contributed by atoms with Crippen molar-refractivity contribution < 1.29 is 14.3 Å². The molecule has 3 amide bonds. The van der Waals surface area contributed by atoms with E-state index < -0.39 is 0 Å². The molecule has 0 radical (unpaired) electrons. The van der Waals surface area contributed by atoms with Gasteiger partial charge in [0, 0.05) is 70.8 Å². The summed E-state index contributed by atoms with van der Waals surface area (Å²) in [5, 5.41) is 4.05. The average molecular weight is 537 g/mol. The van der Waals surface area contributed by atoms with Gasteiger partial charge in [-0.1, -0.05) is 6.07 Å². The van der Waals surface area contributed by atoms with E-state index in [9.17, 15) is 9.59 Å². The molecule has 2 saturated heterocycles. The number of nitrogens with one attached hydrogen (secondary N) is 1. The molecule has 2 aliphatic rings. The number of aryl methyl sites for hydroxylation is 1. The summed E-state index contributed by atoms with van der Waals surface area (Å²) in [7, 11) is 2.08. The van der Waals surface area contributed by atoms with Crippen LogP contribution in [0.5, 0.6) is 0 Å². The summed E-state index contributed by atoms with van der Waals surface area (Å²) in [4.78, 5) is 40.2. The van der Waals surface area contributed by atoms with E-state index in [4.69, 9.17) is 15.5 Å². The summed E-state index contributed by atoms with van der Waals surface area (Å²) in [5.74, 6) is 1.45. The molecule has 1 aromatic carbocycles. The molecule has 3 aromatic rings. The number of nitrogens with two attached hydrogens (primary N) is 1. The van der Waals surface area contributed by atoms with Gasteiger partial charge in [0.25, 0.3) is 0 Å². The zero-order valence-corrected chi connectivity index (χ0v) is 23.1. The number of pyridine rings is 1. The van der Waals surface area contributed by atoms with Crippen LogP contribution in [0.1, 0.15) is 37.6 Å². The van der Waals surface area contributed by atoms with Crippen LogP contribution in [0.2, 0.25) is 0 Å². The molecule has 0 saturated carbocycles. The Morgan fingerprint density at radius 1 is 1.13 bits per heavy atom. The number of fused-ring (bicyclic) bond motifs is 3. The van der Waals surface area contributed by atoms with Crippen molar-refractivity contribution in [2.24, 2.45) is 0 Å². The van der Waals surface area contributed by atoms with E-state index in [-0.39, 0.29) is 11.9 Å². The maximum atomic E-state index is 12.6. The number of ether oxygens (including phenoxy) is 1. The van der Waals surface area contributed by atoms with Crippen LogP contribution in [0, 0.1) is 0 Å². The number of piperazine rings is 1. The number of benzene rings is 1. The Kier molecular flexibility index (Phi) is 8.47. The van der Waals surface area contributed by atoms with Crippen molar-refractivity contribution in [3.63, 3.8) is 0 Å². The predicted octanol–water partition coefficient (Wildman–Crippen LogP) is 2.22. The molecule has 39 heavy (non-hydrogen) atoms. The summed E-state index contributed by atoms with van der Waals surface area (Å²) in [5.41, 5.74) is 9.91. The molecule has 2 aliphatic heterocycles. The molecular weight excluding hydrogens is 496 g/mol. The minimum atomic E-state index is -0.00385. The fraction of sp³-hybridized carbons (Fsp3) is 0.571. The van der Waals surface area contributed by atoms with Gasteiger partial charge in [-0.2, -0.15) is 0 Å². The largest absolute Gasteiger partial charge is 0.382 e. The van der Waals surface area contributed by atoms with Crippen molar-refractivity contribution in [2.45, 2.75) is 45.8 Å². The van der Waals surface area contributed by atoms with Crippen molar-refractivity contribution in [3.05, 3.63) is 29.6 Å². The molecule has 0 unspecified atom stereocenters. The number of amides is 3. The molecule has 210 valence electrons. The molecule has 11 nitrogen and oxygen atoms in total. The van der Waals surface area contributed by atoms with E-state index in [1.54, 1.807) is 0 Å². The number of urea groups is 1. The smallest absolute Gasteiger partial charge is 0.317 e. The first-order valence-corrected chi connectivity index (χ1v) is 14.1. The van der Waals surface area contributed by atoms with Crippen molar-refractivity contribution in [2.75, 3.05) is 65.2 Å². The molecule has 0 spiro atoms. The zero-order valence-electron chi connectivity index (χ0n) is 23.1. The molecule has 5 rings (SSSR count). The van der Waals surface area contributed by atoms with Crippen molar-refractivity contribution in [3.8, 4) is 0 Å². The summed E-state index contributed by atoms with van der Waals surface area (Å²) >= 11 is 0. The fourth-order valence-electron chi connectivity index (χ4n) is 5.50. The molecular formula is C28H40N8O3. The third-order valence-corrected chi connectivity index (χ3v) is 7.74. The Bertz CT molecular complexity index is 1330. The monoisotopic (exact) mass is 536 g/mol. The number of nitrogens with zero attached hydrogens (tertiary/aromatic N) is 6. The lowest BCUT2D eigenvalue weighted by Crippen LogP contribution is -2.50. The number of likely N-dealkylation sites (tertiary alicyclic amines) is 1. The molecule has 3 N–H and O–H groups in total. The first-order valence-electron chi connectivity index (χ1n) is 14.1. The second-order valence-electron chi connectivity index (χ2n) is 10.5. The first kappa shape index (κ1) is 27.1. The van der Waals surface area contributed by atoms with Gasteiger partial charge in [-0.05, 0) is 50.9 Å². The minimum Gasteiger partial charge on any atom is -0.382 e. The number of rotatable bonds is 10. The van der Waals surface area contributed by atoms with Gasteiger partial charge >= 0.3 is 6.03 Å². The second-order valence-corrected chi connectivity index (χ2v) is 10.5. The van der Waals surface area contributed by atoms with Gasteiger partial charge < -0.3 is 35.1 Å². The molecule has 4 heterocycles. The summed E-state index contributed by atoms with van der Waals surface area (Å²) in [6.45, 7) is 9.06. The van der Waals surface area contributed by atoms with Crippen LogP contribution >= 0.6 is 0 Å². The number of aromatic nitrogens is 3. The number of hydrogen-bond donors (Lipinski definition) is 2. The van der Waals surface area contributed by atoms with E-state index in [1.807, 2.05) is 28.9 Å². The number of likely N-dealkylation sites (N-methyl/N-ethyl adjacent to an activating group) is 1. The van der Waals surface area contributed by atoms with Crippen LogP contribution in [-0.2, 0) is 29.1 Å². The Morgan fingerprint density at radius 3 is 2.69 bits per heavy atom. The summed E-state index contributed by atoms with van der Waals surface area (Å²) in [6.07, 6.45) is 3.11. The topological polar surface area (TPSA) is 122 Å². The highest BCUT2D eigenvalue weighted by Crippen LogP contribution is 2.30. The number of hydrogen-bond acceptors (Lipinski definition) is 7. The van der Waals surface area contributed by atoms with Crippen LogP contribution in [0.15, 0.2) is 18.2 Å². The summed E-state index contributed by atoms with van der Waals surface area (Å²) < 4.78 is 7.92. The quantitative estimate of drug-likeness (QED) is 0.407. The summed E-state index contributed by atoms with van der Waals surface area (Å²) in [6, 6.07) is 6.17. The Morgan fingerprint density at radius 2 is 1.95 bits per heavy atom. The standard InChI is InChI=1S/C28H40N8O3/c1-3-39-19-23-32-25-26(36(23)13-5-12-34-11-4-6-24(34)37)21-18-20(7-8-22(21)31-27(25)29)9-10-30-28(38)35-16-14-33(2)15-17-35/h7-8,18H,3-6,9-17,19H2,1-2H3,(H2,29,31)(H,30,38). The van der Waals surface area contributed by atoms with E-state index in [1.165, 1.54) is 0 Å². The molecule has 0 aliphatic carbocycles. The van der Waals surface area contributed by atoms with Gasteiger partial charge in [0.1, 0.15) is 17.9 Å². The molecule has 0 bridgehead atoms. The Balaban J connectivity index is 1.37. The maximum Gasteiger partial charge on any atom is 0.317 e. The number of carbonyl (C=O) groups excluding carboxylic acids is 2. The van der Waals surface area contributed by atoms with E-state index >= 15 is 0 Å². The van der Waals surface area contributed by atoms with Gasteiger partial charge in [0.2, 0.25) is 5.91 Å². The Labute approximate surface area is 229 Å². The number of nitrogen functional groups attached to an aromatic ring is 1. The second kappa shape index (κ2) is 12.2. The highest BCUT2D eigenvalue weighted by atomic mass is 16.5. The van der Waals surface area contributed by atoms with Gasteiger partial charge in [0.05, 0.1) is 11.0 Å². The lowest BCUT2D eigenvalue weighted by Gasteiger charge is -2.32. The molecule has 11 heteroatoms. The highest BCUT2D eigenvalue weighted by Gasteiger charge is 2.22. The predicted molar refractivity (Wildman–Crippen MR) is 151 cm³/mol. The molecule has 2 aromatic heterocycles. The van der Waals surface area contributed by atoms with Crippen molar-refractivity contribution >= 4 is 39.7 Å². The first-order chi connectivity index (χ1) is 18.9. The van der Waals surface area contributed by atoms with Crippen LogP contribution in [-0.4, -0.2) is 101 Å². The van der Waals surface area contributed by atoms with E-state index in [0.717, 1.165) is 79.9 Å². The fourth-order valence-corrected chi connectivity index (χ4v) is 5.50. The highest BCUT2D eigenvalue weighted by molar-refractivity contribution is 6.06. The SMILES string of the molecule is CCOCc1nc2c(N)nc3ccc(CCNC(=O)N4CCN(C)CC4)cc3c2n1CCCN1CCCC1=O. The van der Waals surface area contributed by atoms with Crippen LogP contribution in [0.4, 0.5) is 10.6 Å². The Hall–Kier alpha value is -3.44. The lowest BCUT2D eigenvalue weighted by molar-refractivity contribution is -0.127.